The SMILES string of the molecule is O=C(NC1CCCC(O)C1)c1cccc2cc[nH]c12. The minimum Gasteiger partial charge on any atom is -0.393 e. The van der Waals surface area contributed by atoms with E-state index in [9.17, 15) is 9.90 Å². The normalized spacial score (nSPS) is 23.4. The van der Waals surface area contributed by atoms with Gasteiger partial charge in [-0.3, -0.25) is 4.79 Å². The van der Waals surface area contributed by atoms with Crippen LogP contribution in [0.25, 0.3) is 10.9 Å². The van der Waals surface area contributed by atoms with Gasteiger partial charge in [-0.2, -0.15) is 0 Å². The smallest absolute Gasteiger partial charge is 0.253 e. The molecule has 2 unspecified atom stereocenters. The first-order chi connectivity index (χ1) is 9.24. The van der Waals surface area contributed by atoms with Crippen LogP contribution in [-0.2, 0) is 0 Å². The van der Waals surface area contributed by atoms with Gasteiger partial charge in [0.1, 0.15) is 0 Å². The molecule has 1 amide bonds. The second kappa shape index (κ2) is 5.05. The minimum absolute atomic E-state index is 0.0628. The first-order valence-electron chi connectivity index (χ1n) is 6.79. The fourth-order valence-electron chi connectivity index (χ4n) is 2.83. The van der Waals surface area contributed by atoms with Crippen LogP contribution in [0.2, 0.25) is 0 Å². The van der Waals surface area contributed by atoms with Gasteiger partial charge in [0, 0.05) is 17.6 Å². The number of hydrogen-bond acceptors (Lipinski definition) is 2. The summed E-state index contributed by atoms with van der Waals surface area (Å²) in [6, 6.07) is 7.74. The Kier molecular flexibility index (Phi) is 3.25. The molecule has 3 rings (SSSR count). The number of aliphatic hydroxyl groups excluding tert-OH is 1. The van der Waals surface area contributed by atoms with Crippen LogP contribution in [0, 0.1) is 0 Å². The number of benzene rings is 1. The van der Waals surface area contributed by atoms with Crippen molar-refractivity contribution in [3.63, 3.8) is 0 Å². The highest BCUT2D eigenvalue weighted by molar-refractivity contribution is 6.05. The molecule has 1 aromatic carbocycles. The molecule has 2 atom stereocenters. The van der Waals surface area contributed by atoms with Gasteiger partial charge >= 0.3 is 0 Å². The summed E-state index contributed by atoms with van der Waals surface area (Å²) in [6.45, 7) is 0. The molecule has 0 radical (unpaired) electrons. The molecule has 4 nitrogen and oxygen atoms in total. The zero-order valence-corrected chi connectivity index (χ0v) is 10.7. The Morgan fingerprint density at radius 3 is 3.05 bits per heavy atom. The number of nitrogens with one attached hydrogen (secondary N) is 2. The van der Waals surface area contributed by atoms with Crippen LogP contribution in [0.5, 0.6) is 0 Å². The summed E-state index contributed by atoms with van der Waals surface area (Å²) >= 11 is 0. The third-order valence-corrected chi connectivity index (χ3v) is 3.81. The number of aromatic nitrogens is 1. The van der Waals surface area contributed by atoms with E-state index in [1.807, 2.05) is 30.5 Å². The number of aromatic amines is 1. The van der Waals surface area contributed by atoms with Gasteiger partial charge in [0.05, 0.1) is 17.2 Å². The maximum Gasteiger partial charge on any atom is 0.253 e. The Bertz CT molecular complexity index is 591. The molecule has 100 valence electrons. The van der Waals surface area contributed by atoms with Crippen molar-refractivity contribution < 1.29 is 9.90 Å². The molecule has 1 aromatic heterocycles. The van der Waals surface area contributed by atoms with Crippen LogP contribution in [0.3, 0.4) is 0 Å². The Labute approximate surface area is 111 Å². The number of hydrogen-bond donors (Lipinski definition) is 3. The van der Waals surface area contributed by atoms with E-state index in [-0.39, 0.29) is 18.1 Å². The summed E-state index contributed by atoms with van der Waals surface area (Å²) in [4.78, 5) is 15.4. The highest BCUT2D eigenvalue weighted by Crippen LogP contribution is 2.20. The average molecular weight is 258 g/mol. The highest BCUT2D eigenvalue weighted by atomic mass is 16.3. The maximum absolute atomic E-state index is 12.3. The largest absolute Gasteiger partial charge is 0.393 e. The van der Waals surface area contributed by atoms with Crippen LogP contribution in [-0.4, -0.2) is 28.1 Å². The summed E-state index contributed by atoms with van der Waals surface area (Å²) < 4.78 is 0. The summed E-state index contributed by atoms with van der Waals surface area (Å²) in [5, 5.41) is 13.7. The predicted molar refractivity (Wildman–Crippen MR) is 74.0 cm³/mol. The van der Waals surface area contributed by atoms with Crippen molar-refractivity contribution in [2.24, 2.45) is 0 Å². The van der Waals surface area contributed by atoms with Gasteiger partial charge in [-0.15, -0.1) is 0 Å². The molecule has 1 aliphatic rings. The van der Waals surface area contributed by atoms with E-state index in [0.29, 0.717) is 12.0 Å². The third-order valence-electron chi connectivity index (χ3n) is 3.81. The first kappa shape index (κ1) is 12.2. The van der Waals surface area contributed by atoms with E-state index in [1.54, 1.807) is 0 Å². The summed E-state index contributed by atoms with van der Waals surface area (Å²) in [5.41, 5.74) is 1.54. The van der Waals surface area contributed by atoms with Crippen molar-refractivity contribution in [2.45, 2.75) is 37.8 Å². The van der Waals surface area contributed by atoms with Gasteiger partial charge in [-0.25, -0.2) is 0 Å². The topological polar surface area (TPSA) is 65.1 Å². The van der Waals surface area contributed by atoms with E-state index in [0.717, 1.165) is 30.2 Å². The number of rotatable bonds is 2. The second-order valence-electron chi connectivity index (χ2n) is 5.24. The van der Waals surface area contributed by atoms with E-state index >= 15 is 0 Å². The lowest BCUT2D eigenvalue weighted by Crippen LogP contribution is -2.39. The number of H-pyrrole nitrogens is 1. The number of carbonyl (C=O) groups is 1. The number of amides is 1. The minimum atomic E-state index is -0.277. The Morgan fingerprint density at radius 2 is 2.21 bits per heavy atom. The standard InChI is InChI=1S/C15H18N2O2/c18-12-5-2-4-11(9-12)17-15(19)13-6-1-3-10-7-8-16-14(10)13/h1,3,6-8,11-12,16,18H,2,4-5,9H2,(H,17,19). The van der Waals surface area contributed by atoms with E-state index in [4.69, 9.17) is 0 Å². The molecule has 0 spiro atoms. The zero-order chi connectivity index (χ0) is 13.2. The lowest BCUT2D eigenvalue weighted by atomic mass is 9.93. The van der Waals surface area contributed by atoms with Crippen molar-refractivity contribution in [1.29, 1.82) is 0 Å². The van der Waals surface area contributed by atoms with E-state index < -0.39 is 0 Å². The fourth-order valence-corrected chi connectivity index (χ4v) is 2.83. The molecule has 0 aliphatic heterocycles. The van der Waals surface area contributed by atoms with Crippen molar-refractivity contribution in [2.75, 3.05) is 0 Å². The molecule has 1 heterocycles. The molecule has 2 aromatic rings. The zero-order valence-electron chi connectivity index (χ0n) is 10.7. The van der Waals surface area contributed by atoms with Crippen molar-refractivity contribution in [1.82, 2.24) is 10.3 Å². The molecular weight excluding hydrogens is 240 g/mol. The molecule has 4 heteroatoms. The van der Waals surface area contributed by atoms with E-state index in [2.05, 4.69) is 10.3 Å². The number of fused-ring (bicyclic) bond motifs is 1. The van der Waals surface area contributed by atoms with Crippen LogP contribution >= 0.6 is 0 Å². The van der Waals surface area contributed by atoms with E-state index in [1.165, 1.54) is 0 Å². The third kappa shape index (κ3) is 2.49. The van der Waals surface area contributed by atoms with Crippen LogP contribution in [0.1, 0.15) is 36.0 Å². The van der Waals surface area contributed by atoms with Crippen LogP contribution in [0.4, 0.5) is 0 Å². The molecule has 1 fully saturated rings. The van der Waals surface area contributed by atoms with Crippen molar-refractivity contribution in [3.8, 4) is 0 Å². The van der Waals surface area contributed by atoms with Crippen LogP contribution in [0.15, 0.2) is 30.5 Å². The van der Waals surface area contributed by atoms with Crippen molar-refractivity contribution in [3.05, 3.63) is 36.0 Å². The quantitative estimate of drug-likeness (QED) is 0.773. The molecule has 19 heavy (non-hydrogen) atoms. The maximum atomic E-state index is 12.3. The predicted octanol–water partition coefficient (Wildman–Crippen LogP) is 2.20. The Morgan fingerprint density at radius 1 is 1.32 bits per heavy atom. The lowest BCUT2D eigenvalue weighted by molar-refractivity contribution is 0.0851. The van der Waals surface area contributed by atoms with Gasteiger partial charge in [0.2, 0.25) is 0 Å². The fraction of sp³-hybridized carbons (Fsp3) is 0.400. The van der Waals surface area contributed by atoms with Gasteiger partial charge < -0.3 is 15.4 Å². The molecular formula is C15H18N2O2. The summed E-state index contributed by atoms with van der Waals surface area (Å²) in [7, 11) is 0. The van der Waals surface area contributed by atoms with Crippen molar-refractivity contribution >= 4 is 16.8 Å². The molecule has 3 N–H and O–H groups in total. The molecule has 0 saturated heterocycles. The van der Waals surface area contributed by atoms with Crippen LogP contribution < -0.4 is 5.32 Å². The Hall–Kier alpha value is -1.81. The summed E-state index contributed by atoms with van der Waals surface area (Å²) in [5.74, 6) is -0.0628. The van der Waals surface area contributed by atoms with Gasteiger partial charge in [0.15, 0.2) is 0 Å². The lowest BCUT2D eigenvalue weighted by Gasteiger charge is -2.26. The Balaban J connectivity index is 1.78. The van der Waals surface area contributed by atoms with Gasteiger partial charge in [-0.1, -0.05) is 12.1 Å². The molecule has 0 bridgehead atoms. The highest BCUT2D eigenvalue weighted by Gasteiger charge is 2.22. The number of aliphatic hydroxyl groups is 1. The van der Waals surface area contributed by atoms with Gasteiger partial charge in [0.25, 0.3) is 5.91 Å². The second-order valence-corrected chi connectivity index (χ2v) is 5.24. The molecule has 1 saturated carbocycles. The monoisotopic (exact) mass is 258 g/mol. The average Bonchev–Trinajstić information content (AvgIpc) is 2.86. The number of carbonyl (C=O) groups excluding carboxylic acids is 1. The number of para-hydroxylation sites is 1. The first-order valence-corrected chi connectivity index (χ1v) is 6.79. The van der Waals surface area contributed by atoms with Gasteiger partial charge in [-0.05, 0) is 37.8 Å². The molecule has 1 aliphatic carbocycles. The summed E-state index contributed by atoms with van der Waals surface area (Å²) in [6.07, 6.45) is 4.99.